The summed E-state index contributed by atoms with van der Waals surface area (Å²) in [6.07, 6.45) is 2.79. The van der Waals surface area contributed by atoms with Gasteiger partial charge in [-0.15, -0.1) is 4.37 Å². The molecule has 0 spiro atoms. The van der Waals surface area contributed by atoms with Gasteiger partial charge in [-0.25, -0.2) is 4.79 Å². The van der Waals surface area contributed by atoms with E-state index >= 15 is 0 Å². The number of fused-ring (bicyclic) bond motifs is 2. The molecule has 3 rings (SSSR count). The van der Waals surface area contributed by atoms with E-state index in [4.69, 9.17) is 9.47 Å². The summed E-state index contributed by atoms with van der Waals surface area (Å²) in [5, 5.41) is 0.869. The molecule has 24 heavy (non-hydrogen) atoms. The highest BCUT2D eigenvalue weighted by molar-refractivity contribution is 7.99. The number of rotatable bonds is 5. The maximum Gasteiger partial charge on any atom is 0.410 e. The minimum absolute atomic E-state index is 0.0128. The molecule has 1 aromatic rings. The smallest absolute Gasteiger partial charge is 0.410 e. The summed E-state index contributed by atoms with van der Waals surface area (Å²) in [5.41, 5.74) is -0.474. The van der Waals surface area contributed by atoms with E-state index in [2.05, 4.69) is 15.7 Å². The van der Waals surface area contributed by atoms with Crippen LogP contribution in [0.25, 0.3) is 0 Å². The van der Waals surface area contributed by atoms with Gasteiger partial charge in [0, 0.05) is 6.54 Å². The Labute approximate surface area is 151 Å². The van der Waals surface area contributed by atoms with Crippen molar-refractivity contribution in [2.24, 2.45) is 5.92 Å². The normalized spacial score (nSPS) is 26.0. The Morgan fingerprint density at radius 3 is 2.83 bits per heavy atom. The van der Waals surface area contributed by atoms with Gasteiger partial charge in [0.05, 0.1) is 17.8 Å². The van der Waals surface area contributed by atoms with Crippen LogP contribution in [0.1, 0.15) is 47.0 Å². The fraction of sp³-hybridized carbons (Fsp3) is 0.812. The van der Waals surface area contributed by atoms with Gasteiger partial charge in [-0.2, -0.15) is 4.37 Å². The van der Waals surface area contributed by atoms with Gasteiger partial charge in [-0.3, -0.25) is 0 Å². The molecule has 1 amide bonds. The van der Waals surface area contributed by atoms with Gasteiger partial charge < -0.3 is 14.4 Å². The zero-order valence-electron chi connectivity index (χ0n) is 14.7. The van der Waals surface area contributed by atoms with E-state index in [1.165, 1.54) is 11.7 Å². The highest BCUT2D eigenvalue weighted by atomic mass is 32.2. The van der Waals surface area contributed by atoms with Gasteiger partial charge in [0.2, 0.25) is 0 Å². The lowest BCUT2D eigenvalue weighted by Gasteiger charge is -2.34. The number of amides is 1. The molecular weight excluding hydrogens is 346 g/mol. The summed E-state index contributed by atoms with van der Waals surface area (Å²) < 4.78 is 20.3. The molecule has 1 saturated carbocycles. The number of ether oxygens (including phenoxy) is 2. The van der Waals surface area contributed by atoms with Crippen molar-refractivity contribution < 1.29 is 14.3 Å². The molecular formula is C16H25N3O3S2. The fourth-order valence-electron chi connectivity index (χ4n) is 3.30. The maximum absolute atomic E-state index is 12.4. The molecule has 0 unspecified atom stereocenters. The Balaban J connectivity index is 1.64. The molecule has 0 aromatic carbocycles. The highest BCUT2D eigenvalue weighted by Crippen LogP contribution is 2.41. The molecule has 2 aliphatic rings. The van der Waals surface area contributed by atoms with Gasteiger partial charge in [0.25, 0.3) is 5.88 Å². The average Bonchev–Trinajstić information content (AvgIpc) is 3.18. The Morgan fingerprint density at radius 1 is 1.38 bits per heavy atom. The van der Waals surface area contributed by atoms with Crippen LogP contribution in [-0.2, 0) is 4.74 Å². The van der Waals surface area contributed by atoms with Gasteiger partial charge in [-0.05, 0) is 51.7 Å². The molecule has 1 aromatic heterocycles. The van der Waals surface area contributed by atoms with E-state index < -0.39 is 5.60 Å². The fourth-order valence-corrected chi connectivity index (χ4v) is 4.68. The number of carbonyl (C=O) groups is 1. The third-order valence-electron chi connectivity index (χ3n) is 4.19. The van der Waals surface area contributed by atoms with E-state index in [0.717, 1.165) is 36.6 Å². The average molecular weight is 372 g/mol. The van der Waals surface area contributed by atoms with Crippen molar-refractivity contribution in [1.29, 1.82) is 0 Å². The second-order valence-electron chi connectivity index (χ2n) is 7.42. The van der Waals surface area contributed by atoms with Crippen LogP contribution in [0.4, 0.5) is 4.79 Å². The first-order valence-electron chi connectivity index (χ1n) is 8.49. The van der Waals surface area contributed by atoms with Crippen LogP contribution >= 0.6 is 23.5 Å². The lowest BCUT2D eigenvalue weighted by molar-refractivity contribution is 0.00182. The predicted molar refractivity (Wildman–Crippen MR) is 94.8 cm³/mol. The number of hydrogen-bond donors (Lipinski definition) is 0. The summed E-state index contributed by atoms with van der Waals surface area (Å²) in [4.78, 5) is 14.3. The van der Waals surface area contributed by atoms with Crippen LogP contribution in [-0.4, -0.2) is 49.8 Å². The third-order valence-corrected chi connectivity index (χ3v) is 5.97. The molecule has 2 bridgehead atoms. The van der Waals surface area contributed by atoms with Crippen molar-refractivity contribution >= 4 is 29.6 Å². The second kappa shape index (κ2) is 7.07. The van der Waals surface area contributed by atoms with Crippen molar-refractivity contribution in [3.63, 3.8) is 0 Å². The maximum atomic E-state index is 12.4. The summed E-state index contributed by atoms with van der Waals surface area (Å²) in [6, 6.07) is 0.0792. The van der Waals surface area contributed by atoms with Gasteiger partial charge >= 0.3 is 6.09 Å². The second-order valence-corrected chi connectivity index (χ2v) is 9.03. The summed E-state index contributed by atoms with van der Waals surface area (Å²) in [5.74, 6) is 2.12. The third kappa shape index (κ3) is 3.96. The number of aromatic nitrogens is 2. The van der Waals surface area contributed by atoms with Crippen LogP contribution in [0.3, 0.4) is 0 Å². The van der Waals surface area contributed by atoms with Crippen molar-refractivity contribution in [3.8, 4) is 5.88 Å². The Kier molecular flexibility index (Phi) is 5.24. The molecule has 134 valence electrons. The highest BCUT2D eigenvalue weighted by Gasteiger charge is 2.49. The monoisotopic (exact) mass is 371 g/mol. The quantitative estimate of drug-likeness (QED) is 0.733. The molecule has 1 aliphatic carbocycles. The first-order valence-corrected chi connectivity index (χ1v) is 10.2. The van der Waals surface area contributed by atoms with E-state index in [9.17, 15) is 4.79 Å². The zero-order chi connectivity index (χ0) is 17.3. The van der Waals surface area contributed by atoms with E-state index in [-0.39, 0.29) is 18.2 Å². The van der Waals surface area contributed by atoms with Gasteiger partial charge in [0.1, 0.15) is 11.7 Å². The topological polar surface area (TPSA) is 64.6 Å². The van der Waals surface area contributed by atoms with Crippen LogP contribution in [0.15, 0.2) is 5.03 Å². The summed E-state index contributed by atoms with van der Waals surface area (Å²) in [6.45, 7) is 8.59. The Hall–Kier alpha value is -1.02. The Morgan fingerprint density at radius 2 is 2.17 bits per heavy atom. The standard InChI is InChI=1S/C16H25N3O3S2/c1-5-6-23-14-13(17-24-18-14)21-12-8-10-7-11(12)19(9-10)15(20)22-16(2,3)4/h10-12H,5-9H2,1-4H3/t10-,11+,12-/m0/s1. The number of thioether (sulfide) groups is 1. The van der Waals surface area contributed by atoms with E-state index in [0.29, 0.717) is 11.8 Å². The summed E-state index contributed by atoms with van der Waals surface area (Å²) in [7, 11) is 0. The molecule has 3 atom stereocenters. The molecule has 0 N–H and O–H groups in total. The van der Waals surface area contributed by atoms with Crippen LogP contribution in [0, 0.1) is 5.92 Å². The predicted octanol–water partition coefficient (Wildman–Crippen LogP) is 3.82. The number of carbonyl (C=O) groups excluding carboxylic acids is 1. The Bertz CT molecular complexity index is 587. The van der Waals surface area contributed by atoms with Crippen LogP contribution < -0.4 is 4.74 Å². The minimum atomic E-state index is -0.474. The van der Waals surface area contributed by atoms with Gasteiger partial charge in [-0.1, -0.05) is 18.7 Å². The molecule has 6 nitrogen and oxygen atoms in total. The largest absolute Gasteiger partial charge is 0.470 e. The van der Waals surface area contributed by atoms with Crippen molar-refractivity contribution in [1.82, 2.24) is 13.6 Å². The first kappa shape index (κ1) is 17.8. The molecule has 8 heteroatoms. The molecule has 0 radical (unpaired) electrons. The van der Waals surface area contributed by atoms with Gasteiger partial charge in [0.15, 0.2) is 5.03 Å². The number of nitrogens with zero attached hydrogens (tertiary/aromatic N) is 3. The van der Waals surface area contributed by atoms with Crippen LogP contribution in [0.2, 0.25) is 0 Å². The lowest BCUT2D eigenvalue weighted by atomic mass is 10.1. The van der Waals surface area contributed by atoms with Crippen LogP contribution in [0.5, 0.6) is 5.88 Å². The molecule has 1 saturated heterocycles. The lowest BCUT2D eigenvalue weighted by Crippen LogP contribution is -2.48. The molecule has 1 aliphatic heterocycles. The minimum Gasteiger partial charge on any atom is -0.470 e. The molecule has 2 fully saturated rings. The number of piperidine rings is 1. The molecule has 2 heterocycles. The van der Waals surface area contributed by atoms with Crippen molar-refractivity contribution in [3.05, 3.63) is 0 Å². The van der Waals surface area contributed by atoms with E-state index in [1.807, 2.05) is 25.7 Å². The van der Waals surface area contributed by atoms with E-state index in [1.54, 1.807) is 11.8 Å². The number of likely N-dealkylation sites (tertiary alicyclic amines) is 1. The summed E-state index contributed by atoms with van der Waals surface area (Å²) >= 11 is 2.86. The SMILES string of the molecule is CCCSc1nsnc1O[C@H]1C[C@@H]2C[C@H]1N(C(=O)OC(C)(C)C)C2. The van der Waals surface area contributed by atoms with Crippen molar-refractivity contribution in [2.45, 2.75) is 69.7 Å². The van der Waals surface area contributed by atoms with Crippen molar-refractivity contribution in [2.75, 3.05) is 12.3 Å². The first-order chi connectivity index (χ1) is 11.4. The zero-order valence-corrected chi connectivity index (χ0v) is 16.3. The number of hydrogen-bond acceptors (Lipinski definition) is 7.